The van der Waals surface area contributed by atoms with Crippen molar-refractivity contribution in [2.24, 2.45) is 0 Å². The van der Waals surface area contributed by atoms with Crippen molar-refractivity contribution in [2.45, 2.75) is 40.5 Å². The van der Waals surface area contributed by atoms with Gasteiger partial charge in [0.2, 0.25) is 0 Å². The van der Waals surface area contributed by atoms with Gasteiger partial charge < -0.3 is 19.3 Å². The van der Waals surface area contributed by atoms with Gasteiger partial charge in [-0.2, -0.15) is 0 Å². The molecule has 0 N–H and O–H groups in total. The molecule has 0 saturated carbocycles. The maximum atomic E-state index is 6.27. The van der Waals surface area contributed by atoms with Gasteiger partial charge in [-0.05, 0) is 79.5 Å². The molecule has 0 bridgehead atoms. The second-order valence-electron chi connectivity index (χ2n) is 9.00. The third-order valence-corrected chi connectivity index (χ3v) is 7.12. The largest absolute Gasteiger partial charge is 0.494 e. The quantitative estimate of drug-likeness (QED) is 0.156. The van der Waals surface area contributed by atoms with Crippen LogP contribution in [0.25, 0.3) is 33.0 Å². The number of rotatable bonds is 14. The second kappa shape index (κ2) is 14.7. The molecule has 3 aromatic rings. The van der Waals surface area contributed by atoms with Gasteiger partial charge in [0.25, 0.3) is 0 Å². The first-order valence-corrected chi connectivity index (χ1v) is 13.1. The molecule has 198 valence electrons. The molecule has 4 rings (SSSR count). The average Bonchev–Trinajstić information content (AvgIpc) is 3.20. The Labute approximate surface area is 229 Å². The zero-order valence-corrected chi connectivity index (χ0v) is 23.9. The molecule has 0 aromatic heterocycles. The van der Waals surface area contributed by atoms with Crippen LogP contribution in [0.3, 0.4) is 0 Å². The van der Waals surface area contributed by atoms with Gasteiger partial charge in [0.1, 0.15) is 11.5 Å². The van der Waals surface area contributed by atoms with Crippen LogP contribution in [-0.2, 0) is 0 Å². The molecule has 6 heteroatoms. The lowest BCUT2D eigenvalue weighted by Crippen LogP contribution is -2.25. The van der Waals surface area contributed by atoms with Crippen molar-refractivity contribution in [3.05, 3.63) is 48.5 Å². The third kappa shape index (κ3) is 6.66. The zero-order valence-electron chi connectivity index (χ0n) is 22.2. The molecule has 0 radical (unpaired) electrons. The van der Waals surface area contributed by atoms with Crippen LogP contribution in [0.1, 0.15) is 40.5 Å². The van der Waals surface area contributed by atoms with E-state index in [-0.39, 0.29) is 24.8 Å². The van der Waals surface area contributed by atoms with E-state index in [1.54, 1.807) is 0 Å². The molecule has 0 fully saturated rings. The molecule has 3 aromatic carbocycles. The topological polar surface area (TPSA) is 24.9 Å². The summed E-state index contributed by atoms with van der Waals surface area (Å²) in [5.74, 6) is 1.94. The molecule has 0 spiro atoms. The highest BCUT2D eigenvalue weighted by molar-refractivity contribution is 6.16. The predicted molar refractivity (Wildman–Crippen MR) is 159 cm³/mol. The maximum absolute atomic E-state index is 6.27. The molecule has 1 aliphatic carbocycles. The Morgan fingerprint density at radius 2 is 1.19 bits per heavy atom. The summed E-state index contributed by atoms with van der Waals surface area (Å²) < 4.78 is 12.4. The van der Waals surface area contributed by atoms with Crippen molar-refractivity contribution < 1.29 is 9.47 Å². The standard InChI is InChI=1S/C30H40N2O2.2ClH/c1-5-31(6-2)18-10-20-33-23-14-15-24-25-12-9-13-27-29(34-21-11-19-32(7-3)8-4)17-16-26(30(25)27)28(24)22-23;;/h9,12-17,22H,5-8,10-11,18-21H2,1-4H3;2*1H. The third-order valence-electron chi connectivity index (χ3n) is 7.12. The van der Waals surface area contributed by atoms with Crippen molar-refractivity contribution >= 4 is 35.6 Å². The maximum Gasteiger partial charge on any atom is 0.127 e. The highest BCUT2D eigenvalue weighted by Crippen LogP contribution is 2.50. The SMILES string of the molecule is CCN(CC)CCCOc1ccc2c(c1)-c1ccc(OCCCN(CC)CC)c3cccc-2c13.Cl.Cl. The molecule has 0 atom stereocenters. The Morgan fingerprint density at radius 3 is 1.83 bits per heavy atom. The molecule has 0 aliphatic heterocycles. The van der Waals surface area contributed by atoms with Crippen LogP contribution < -0.4 is 9.47 Å². The molecule has 4 nitrogen and oxygen atoms in total. The Kier molecular flexibility index (Phi) is 12.3. The Morgan fingerprint density at radius 1 is 0.611 bits per heavy atom. The summed E-state index contributed by atoms with van der Waals surface area (Å²) in [6, 6.07) is 17.5. The van der Waals surface area contributed by atoms with Crippen LogP contribution in [0.2, 0.25) is 0 Å². The van der Waals surface area contributed by atoms with Crippen LogP contribution in [0.15, 0.2) is 48.5 Å². The molecule has 0 unspecified atom stereocenters. The number of ether oxygens (including phenoxy) is 2. The van der Waals surface area contributed by atoms with Gasteiger partial charge >= 0.3 is 0 Å². The summed E-state index contributed by atoms with van der Waals surface area (Å²) in [7, 11) is 0. The van der Waals surface area contributed by atoms with Gasteiger partial charge in [0, 0.05) is 23.9 Å². The summed E-state index contributed by atoms with van der Waals surface area (Å²) in [4.78, 5) is 4.88. The normalized spacial score (nSPS) is 11.4. The van der Waals surface area contributed by atoms with Gasteiger partial charge in [0.15, 0.2) is 0 Å². The van der Waals surface area contributed by atoms with E-state index in [2.05, 4.69) is 86.0 Å². The van der Waals surface area contributed by atoms with Crippen LogP contribution in [0, 0.1) is 0 Å². The summed E-state index contributed by atoms with van der Waals surface area (Å²) >= 11 is 0. The molecule has 0 heterocycles. The van der Waals surface area contributed by atoms with E-state index < -0.39 is 0 Å². The minimum Gasteiger partial charge on any atom is -0.494 e. The van der Waals surface area contributed by atoms with E-state index in [4.69, 9.17) is 9.47 Å². The Bertz CT molecular complexity index is 1100. The predicted octanol–water partition coefficient (Wildman–Crippen LogP) is 7.55. The lowest BCUT2D eigenvalue weighted by molar-refractivity contribution is 0.249. The highest BCUT2D eigenvalue weighted by atomic mass is 35.5. The van der Waals surface area contributed by atoms with Crippen LogP contribution in [0.5, 0.6) is 11.5 Å². The number of hydrogen-bond acceptors (Lipinski definition) is 4. The smallest absolute Gasteiger partial charge is 0.127 e. The fourth-order valence-electron chi connectivity index (χ4n) is 5.05. The molecular weight excluding hydrogens is 491 g/mol. The van der Waals surface area contributed by atoms with Gasteiger partial charge in [0.05, 0.1) is 13.2 Å². The van der Waals surface area contributed by atoms with Crippen molar-refractivity contribution in [2.75, 3.05) is 52.5 Å². The fourth-order valence-corrected chi connectivity index (χ4v) is 5.05. The Balaban J connectivity index is 0.00000228. The summed E-state index contributed by atoms with van der Waals surface area (Å²) in [5, 5.41) is 2.51. The van der Waals surface area contributed by atoms with Gasteiger partial charge in [-0.1, -0.05) is 58.0 Å². The van der Waals surface area contributed by atoms with Crippen molar-refractivity contribution in [3.63, 3.8) is 0 Å². The monoisotopic (exact) mass is 532 g/mol. The molecule has 0 amide bonds. The number of benzene rings is 3. The number of halogens is 2. The van der Waals surface area contributed by atoms with Crippen molar-refractivity contribution in [1.29, 1.82) is 0 Å². The second-order valence-corrected chi connectivity index (χ2v) is 9.00. The van der Waals surface area contributed by atoms with Crippen LogP contribution in [0.4, 0.5) is 0 Å². The van der Waals surface area contributed by atoms with E-state index in [1.807, 2.05) is 0 Å². The van der Waals surface area contributed by atoms with Gasteiger partial charge in [-0.25, -0.2) is 0 Å². The lowest BCUT2D eigenvalue weighted by Gasteiger charge is -2.18. The van der Waals surface area contributed by atoms with Gasteiger partial charge in [-0.15, -0.1) is 24.8 Å². The minimum atomic E-state index is 0. The van der Waals surface area contributed by atoms with E-state index >= 15 is 0 Å². The molecule has 1 aliphatic rings. The zero-order chi connectivity index (χ0) is 23.9. The molecule has 0 saturated heterocycles. The first kappa shape index (κ1) is 30.2. The highest BCUT2D eigenvalue weighted by Gasteiger charge is 2.23. The van der Waals surface area contributed by atoms with E-state index in [9.17, 15) is 0 Å². The number of fused-ring (bicyclic) bond motifs is 3. The van der Waals surface area contributed by atoms with Gasteiger partial charge in [-0.3, -0.25) is 0 Å². The lowest BCUT2D eigenvalue weighted by atomic mass is 10.0. The Hall–Kier alpha value is -1.98. The van der Waals surface area contributed by atoms with Crippen molar-refractivity contribution in [1.82, 2.24) is 9.80 Å². The first-order chi connectivity index (χ1) is 16.7. The van der Waals surface area contributed by atoms with E-state index in [1.165, 1.54) is 33.0 Å². The first-order valence-electron chi connectivity index (χ1n) is 13.1. The number of nitrogens with zero attached hydrogens (tertiary/aromatic N) is 2. The molecule has 36 heavy (non-hydrogen) atoms. The average molecular weight is 534 g/mol. The fraction of sp³-hybridized carbons (Fsp3) is 0.467. The summed E-state index contributed by atoms with van der Waals surface area (Å²) in [6.45, 7) is 16.9. The van der Waals surface area contributed by atoms with Crippen LogP contribution >= 0.6 is 24.8 Å². The van der Waals surface area contributed by atoms with E-state index in [0.29, 0.717) is 0 Å². The van der Waals surface area contributed by atoms with E-state index in [0.717, 1.165) is 76.8 Å². The van der Waals surface area contributed by atoms with Crippen LogP contribution in [-0.4, -0.2) is 62.3 Å². The number of hydrogen-bond donors (Lipinski definition) is 0. The minimum absolute atomic E-state index is 0. The van der Waals surface area contributed by atoms with Crippen molar-refractivity contribution in [3.8, 4) is 33.8 Å². The summed E-state index contributed by atoms with van der Waals surface area (Å²) in [5.41, 5.74) is 5.13. The molecular formula is C30H42Cl2N2O2. The summed E-state index contributed by atoms with van der Waals surface area (Å²) in [6.07, 6.45) is 2.09.